The van der Waals surface area contributed by atoms with Crippen LogP contribution in [0.1, 0.15) is 6.92 Å². The zero-order valence-corrected chi connectivity index (χ0v) is 7.73. The third kappa shape index (κ3) is 4.25. The molecule has 0 rings (SSSR count). The van der Waals surface area contributed by atoms with Crippen molar-refractivity contribution in [1.82, 2.24) is 10.6 Å². The van der Waals surface area contributed by atoms with E-state index in [1.165, 1.54) is 12.7 Å². The lowest BCUT2D eigenvalue weighted by Gasteiger charge is -2.25. The van der Waals surface area contributed by atoms with Crippen molar-refractivity contribution in [2.24, 2.45) is 0 Å². The summed E-state index contributed by atoms with van der Waals surface area (Å²) in [6.45, 7) is 1.25. The van der Waals surface area contributed by atoms with Gasteiger partial charge in [0, 0.05) is 6.92 Å². The minimum absolute atomic E-state index is 0.253. The average Bonchev–Trinajstić information content (AvgIpc) is 2.04. The van der Waals surface area contributed by atoms with Crippen molar-refractivity contribution in [3.63, 3.8) is 0 Å². The minimum atomic E-state index is -2.92. The fraction of sp³-hybridized carbons (Fsp3) is 0.400. The summed E-state index contributed by atoms with van der Waals surface area (Å²) in [5.74, 6) is -0.252. The van der Waals surface area contributed by atoms with Crippen LogP contribution in [0.4, 0.5) is 0 Å². The van der Waals surface area contributed by atoms with E-state index in [-0.39, 0.29) is 12.8 Å². The van der Waals surface area contributed by atoms with E-state index in [2.05, 4.69) is 15.2 Å². The third-order valence-corrected chi connectivity index (χ3v) is 1.83. The summed E-state index contributed by atoms with van der Waals surface area (Å²) in [6.07, 6.45) is 0.506. The Morgan fingerprint density at radius 3 is 2.23 bits per heavy atom. The Bertz CT molecular complexity index is 251. The number of hydrogen-bond acceptors (Lipinski definition) is 5. The van der Waals surface area contributed by atoms with Crippen LogP contribution < -0.4 is 10.6 Å². The molecule has 0 aromatic carbocycles. The summed E-state index contributed by atoms with van der Waals surface area (Å²) in [5.41, 5.74) is 0. The molecule has 8 heteroatoms. The van der Waals surface area contributed by atoms with Gasteiger partial charge in [-0.05, 0) is 0 Å². The molecular formula is C5H8N3O4P. The highest BCUT2D eigenvalue weighted by atomic mass is 31.1. The van der Waals surface area contributed by atoms with Crippen molar-refractivity contribution in [2.75, 3.05) is 0 Å². The fourth-order valence-electron chi connectivity index (χ4n) is 0.534. The van der Waals surface area contributed by atoms with E-state index in [4.69, 9.17) is 5.26 Å². The van der Waals surface area contributed by atoms with Crippen LogP contribution in [0.25, 0.3) is 0 Å². The molecule has 1 unspecified atom stereocenters. The maximum absolute atomic E-state index is 10.7. The summed E-state index contributed by atoms with van der Waals surface area (Å²) in [7, 11) is -2.92. The molecule has 0 radical (unpaired) electrons. The lowest BCUT2D eigenvalue weighted by Crippen LogP contribution is -2.54. The van der Waals surface area contributed by atoms with Crippen LogP contribution in [0.15, 0.2) is 0 Å². The first kappa shape index (κ1) is 11.6. The molecule has 0 fully saturated rings. The van der Waals surface area contributed by atoms with Gasteiger partial charge in [-0.25, -0.2) is 0 Å². The normalized spacial score (nSPS) is 12.3. The van der Waals surface area contributed by atoms with Crippen LogP contribution in [0.5, 0.6) is 0 Å². The zero-order chi connectivity index (χ0) is 10.3. The Balaban J connectivity index is 4.40. The van der Waals surface area contributed by atoms with Crippen molar-refractivity contribution < 1.29 is 18.7 Å². The summed E-state index contributed by atoms with van der Waals surface area (Å²) in [5, 5.41) is 12.3. The standard InChI is InChI=1S/C5H8N3O4P/c1-5(7-3-9,8-4-10)12-13(11)2-6/h3-4,13H,1H3,(H,7,9)(H,8,10). The molecule has 0 aliphatic carbocycles. The molecule has 2 N–H and O–H groups in total. The van der Waals surface area contributed by atoms with Gasteiger partial charge in [0.25, 0.3) is 8.03 Å². The third-order valence-electron chi connectivity index (χ3n) is 1.06. The molecular weight excluding hydrogens is 197 g/mol. The van der Waals surface area contributed by atoms with Crippen molar-refractivity contribution in [3.8, 4) is 5.81 Å². The lowest BCUT2D eigenvalue weighted by molar-refractivity contribution is -0.120. The molecule has 0 spiro atoms. The molecule has 1 atom stereocenters. The summed E-state index contributed by atoms with van der Waals surface area (Å²) in [6, 6.07) is 0. The Kier molecular flexibility index (Phi) is 4.74. The van der Waals surface area contributed by atoms with E-state index in [9.17, 15) is 14.2 Å². The molecule has 0 aromatic rings. The van der Waals surface area contributed by atoms with Gasteiger partial charge >= 0.3 is 0 Å². The lowest BCUT2D eigenvalue weighted by atomic mass is 10.5. The number of nitrogens with zero attached hydrogens (tertiary/aromatic N) is 1. The quantitative estimate of drug-likeness (QED) is 0.332. The van der Waals surface area contributed by atoms with Gasteiger partial charge in [-0.3, -0.25) is 18.7 Å². The number of nitrogens with one attached hydrogen (secondary N) is 2. The van der Waals surface area contributed by atoms with Gasteiger partial charge in [0.15, 0.2) is 5.81 Å². The number of carbonyl (C=O) groups excluding carboxylic acids is 2. The van der Waals surface area contributed by atoms with Gasteiger partial charge in [-0.1, -0.05) is 0 Å². The minimum Gasteiger partial charge on any atom is -0.313 e. The Hall–Kier alpha value is -1.38. The largest absolute Gasteiger partial charge is 0.313 e. The summed E-state index contributed by atoms with van der Waals surface area (Å²) in [4.78, 5) is 20.1. The second-order valence-corrected chi connectivity index (χ2v) is 3.06. The maximum atomic E-state index is 10.7. The van der Waals surface area contributed by atoms with Gasteiger partial charge in [-0.2, -0.15) is 5.26 Å². The predicted octanol–water partition coefficient (Wildman–Crippen LogP) is -0.876. The topological polar surface area (TPSA) is 108 Å². The number of rotatable bonds is 6. The molecule has 2 amide bonds. The molecule has 7 nitrogen and oxygen atoms in total. The number of amides is 2. The van der Waals surface area contributed by atoms with E-state index in [0.717, 1.165) is 0 Å². The highest BCUT2D eigenvalue weighted by Crippen LogP contribution is 2.24. The maximum Gasteiger partial charge on any atom is 0.291 e. The summed E-state index contributed by atoms with van der Waals surface area (Å²) < 4.78 is 15.2. The van der Waals surface area contributed by atoms with Gasteiger partial charge in [0.1, 0.15) is 0 Å². The van der Waals surface area contributed by atoms with E-state index in [0.29, 0.717) is 0 Å². The highest BCUT2D eigenvalue weighted by molar-refractivity contribution is 7.44. The number of carbonyl (C=O) groups is 2. The van der Waals surface area contributed by atoms with Gasteiger partial charge in [0.2, 0.25) is 18.7 Å². The molecule has 0 saturated carbocycles. The zero-order valence-electron chi connectivity index (χ0n) is 6.73. The van der Waals surface area contributed by atoms with Gasteiger partial charge in [0.05, 0.1) is 0 Å². The second-order valence-electron chi connectivity index (χ2n) is 2.06. The van der Waals surface area contributed by atoms with E-state index < -0.39 is 13.9 Å². The number of hydrogen-bond donors (Lipinski definition) is 2. The molecule has 0 aliphatic rings. The first-order valence-electron chi connectivity index (χ1n) is 3.13. The van der Waals surface area contributed by atoms with E-state index in [1.54, 1.807) is 0 Å². The molecule has 0 saturated heterocycles. The van der Waals surface area contributed by atoms with Crippen molar-refractivity contribution in [1.29, 1.82) is 5.26 Å². The molecule has 13 heavy (non-hydrogen) atoms. The number of nitriles is 1. The van der Waals surface area contributed by atoms with Crippen LogP contribution >= 0.6 is 8.03 Å². The fourth-order valence-corrected chi connectivity index (χ4v) is 1.07. The average molecular weight is 205 g/mol. The van der Waals surface area contributed by atoms with Crippen LogP contribution in [-0.2, 0) is 18.7 Å². The van der Waals surface area contributed by atoms with E-state index in [1.807, 2.05) is 0 Å². The molecule has 0 heterocycles. The Morgan fingerprint density at radius 1 is 1.46 bits per heavy atom. The first-order valence-corrected chi connectivity index (χ1v) is 4.45. The molecule has 0 aromatic heterocycles. The Morgan fingerprint density at radius 2 is 1.92 bits per heavy atom. The molecule has 72 valence electrons. The van der Waals surface area contributed by atoms with Crippen LogP contribution in [-0.4, -0.2) is 18.7 Å². The molecule has 0 aliphatic heterocycles. The van der Waals surface area contributed by atoms with Crippen LogP contribution in [0, 0.1) is 11.1 Å². The SMILES string of the molecule is CC(NC=O)(NC=O)O[PH](=O)C#N. The van der Waals surface area contributed by atoms with E-state index >= 15 is 0 Å². The summed E-state index contributed by atoms with van der Waals surface area (Å²) >= 11 is 0. The van der Waals surface area contributed by atoms with Gasteiger partial charge < -0.3 is 10.6 Å². The van der Waals surface area contributed by atoms with Crippen molar-refractivity contribution in [3.05, 3.63) is 0 Å². The monoisotopic (exact) mass is 205 g/mol. The first-order chi connectivity index (χ1) is 6.08. The second kappa shape index (κ2) is 5.30. The van der Waals surface area contributed by atoms with Crippen molar-refractivity contribution in [2.45, 2.75) is 12.8 Å². The smallest absolute Gasteiger partial charge is 0.291 e. The predicted molar refractivity (Wildman–Crippen MR) is 42.5 cm³/mol. The van der Waals surface area contributed by atoms with Gasteiger partial charge in [-0.15, -0.1) is 0 Å². The Labute approximate surface area is 74.9 Å². The van der Waals surface area contributed by atoms with Crippen LogP contribution in [0.3, 0.4) is 0 Å². The molecule has 0 bridgehead atoms. The van der Waals surface area contributed by atoms with Crippen LogP contribution in [0.2, 0.25) is 0 Å². The highest BCUT2D eigenvalue weighted by Gasteiger charge is 2.25. The van der Waals surface area contributed by atoms with Crippen molar-refractivity contribution >= 4 is 20.8 Å².